The summed E-state index contributed by atoms with van der Waals surface area (Å²) in [5.41, 5.74) is 0. The lowest BCUT2D eigenvalue weighted by Gasteiger charge is -2.23. The molecule has 0 aromatic carbocycles. The minimum Gasteiger partial charge on any atom is -0.318 e. The molecule has 1 atom stereocenters. The predicted molar refractivity (Wildman–Crippen MR) is 85.2 cm³/mol. The third-order valence-corrected chi connectivity index (χ3v) is 7.44. The van der Waals surface area contributed by atoms with E-state index in [9.17, 15) is 8.42 Å². The molecule has 2 aromatic rings. The van der Waals surface area contributed by atoms with Crippen LogP contribution in [0.2, 0.25) is 0 Å². The molecule has 0 N–H and O–H groups in total. The van der Waals surface area contributed by atoms with Crippen LogP contribution in [0.3, 0.4) is 0 Å². The van der Waals surface area contributed by atoms with E-state index < -0.39 is 10.0 Å². The van der Waals surface area contributed by atoms with Crippen LogP contribution in [0.1, 0.15) is 32.0 Å². The highest BCUT2D eigenvalue weighted by Crippen LogP contribution is 2.30. The maximum atomic E-state index is 12.7. The number of rotatable bonds is 6. The lowest BCUT2D eigenvalue weighted by atomic mass is 10.1. The van der Waals surface area contributed by atoms with Gasteiger partial charge in [0.25, 0.3) is 10.0 Å². The van der Waals surface area contributed by atoms with E-state index in [0.29, 0.717) is 10.8 Å². The number of hydrogen-bond acceptors (Lipinski definition) is 5. The van der Waals surface area contributed by atoms with Gasteiger partial charge in [0.05, 0.1) is 0 Å². The molecule has 3 rings (SSSR count). The molecule has 1 aliphatic rings. The van der Waals surface area contributed by atoms with Gasteiger partial charge in [0.2, 0.25) is 0 Å². The third kappa shape index (κ3) is 2.95. The Morgan fingerprint density at radius 2 is 2.32 bits per heavy atom. The van der Waals surface area contributed by atoms with Crippen LogP contribution in [0.15, 0.2) is 28.0 Å². The average molecular weight is 340 g/mol. The highest BCUT2D eigenvalue weighted by atomic mass is 32.2. The Kier molecular flexibility index (Phi) is 4.60. The molecule has 1 unspecified atom stereocenters. The quantitative estimate of drug-likeness (QED) is 0.808. The van der Waals surface area contributed by atoms with Gasteiger partial charge >= 0.3 is 0 Å². The van der Waals surface area contributed by atoms with Crippen LogP contribution < -0.4 is 0 Å². The van der Waals surface area contributed by atoms with Gasteiger partial charge in [-0.2, -0.15) is 4.31 Å². The molecule has 3 heterocycles. The zero-order valence-corrected chi connectivity index (χ0v) is 14.2. The summed E-state index contributed by atoms with van der Waals surface area (Å²) in [5, 5.41) is 9.87. The zero-order chi connectivity index (χ0) is 15.6. The van der Waals surface area contributed by atoms with Crippen molar-refractivity contribution in [3.63, 3.8) is 0 Å². The Morgan fingerprint density at radius 3 is 3.05 bits per heavy atom. The molecular weight excluding hydrogens is 320 g/mol. The topological polar surface area (TPSA) is 68.1 Å². The summed E-state index contributed by atoms with van der Waals surface area (Å²) >= 11 is 1.28. The smallest absolute Gasteiger partial charge is 0.252 e. The summed E-state index contributed by atoms with van der Waals surface area (Å²) < 4.78 is 29.5. The minimum atomic E-state index is -3.34. The highest BCUT2D eigenvalue weighted by molar-refractivity contribution is 7.91. The molecule has 6 nitrogen and oxygen atoms in total. The lowest BCUT2D eigenvalue weighted by Crippen LogP contribution is -2.35. The van der Waals surface area contributed by atoms with Crippen molar-refractivity contribution in [2.45, 2.75) is 49.4 Å². The second kappa shape index (κ2) is 6.47. The van der Waals surface area contributed by atoms with E-state index in [1.54, 1.807) is 22.8 Å². The monoisotopic (exact) mass is 340 g/mol. The van der Waals surface area contributed by atoms with Crippen LogP contribution in [0.5, 0.6) is 0 Å². The fourth-order valence-electron chi connectivity index (χ4n) is 2.97. The van der Waals surface area contributed by atoms with Gasteiger partial charge < -0.3 is 4.57 Å². The molecule has 0 radical (unpaired) electrons. The predicted octanol–water partition coefficient (Wildman–Crippen LogP) is 2.15. The normalized spacial score (nSPS) is 19.8. The maximum Gasteiger partial charge on any atom is 0.252 e. The van der Waals surface area contributed by atoms with Crippen LogP contribution >= 0.6 is 11.3 Å². The van der Waals surface area contributed by atoms with Gasteiger partial charge in [0.15, 0.2) is 0 Å². The van der Waals surface area contributed by atoms with Crippen molar-refractivity contribution in [3.05, 3.63) is 29.7 Å². The minimum absolute atomic E-state index is 0.0640. The average Bonchev–Trinajstić information content (AvgIpc) is 3.24. The third-order valence-electron chi connectivity index (χ3n) is 4.12. The summed E-state index contributed by atoms with van der Waals surface area (Å²) in [6.07, 6.45) is 5.13. The van der Waals surface area contributed by atoms with Gasteiger partial charge in [-0.25, -0.2) is 8.42 Å². The first kappa shape index (κ1) is 15.6. The van der Waals surface area contributed by atoms with Crippen molar-refractivity contribution in [3.8, 4) is 0 Å². The summed E-state index contributed by atoms with van der Waals surface area (Å²) in [6, 6.07) is 3.53. The number of sulfonamides is 1. The van der Waals surface area contributed by atoms with Crippen LogP contribution in [-0.4, -0.2) is 40.1 Å². The summed E-state index contributed by atoms with van der Waals surface area (Å²) in [4.78, 5) is 0. The first-order valence-corrected chi connectivity index (χ1v) is 9.87. The van der Waals surface area contributed by atoms with Crippen molar-refractivity contribution >= 4 is 21.4 Å². The lowest BCUT2D eigenvalue weighted by molar-refractivity contribution is 0.368. The molecule has 1 saturated heterocycles. The van der Waals surface area contributed by atoms with Crippen molar-refractivity contribution < 1.29 is 8.42 Å². The van der Waals surface area contributed by atoms with E-state index in [2.05, 4.69) is 17.1 Å². The van der Waals surface area contributed by atoms with Crippen LogP contribution in [0, 0.1) is 0 Å². The Hall–Kier alpha value is -1.25. The molecule has 0 saturated carbocycles. The van der Waals surface area contributed by atoms with E-state index in [-0.39, 0.29) is 6.04 Å². The fourth-order valence-corrected chi connectivity index (χ4v) is 5.82. The van der Waals surface area contributed by atoms with E-state index >= 15 is 0 Å². The van der Waals surface area contributed by atoms with Crippen LogP contribution in [0.25, 0.3) is 0 Å². The Balaban J connectivity index is 1.71. The van der Waals surface area contributed by atoms with E-state index in [4.69, 9.17) is 0 Å². The molecule has 0 amide bonds. The van der Waals surface area contributed by atoms with E-state index in [1.165, 1.54) is 11.3 Å². The van der Waals surface area contributed by atoms with Crippen molar-refractivity contribution in [1.82, 2.24) is 19.1 Å². The van der Waals surface area contributed by atoms with Crippen molar-refractivity contribution in [1.29, 1.82) is 0 Å². The van der Waals surface area contributed by atoms with Gasteiger partial charge in [-0.15, -0.1) is 21.5 Å². The second-order valence-corrected chi connectivity index (χ2v) is 8.48. The first-order chi connectivity index (χ1) is 10.6. The summed E-state index contributed by atoms with van der Waals surface area (Å²) in [6.45, 7) is 3.51. The van der Waals surface area contributed by atoms with Crippen LogP contribution in [0.4, 0.5) is 0 Å². The second-order valence-electron chi connectivity index (χ2n) is 5.42. The number of aryl methyl sites for hydroxylation is 2. The maximum absolute atomic E-state index is 12.7. The fraction of sp³-hybridized carbons (Fsp3) is 0.571. The number of thiophene rings is 1. The van der Waals surface area contributed by atoms with Crippen molar-refractivity contribution in [2.75, 3.05) is 6.54 Å². The van der Waals surface area contributed by atoms with Gasteiger partial charge in [-0.3, -0.25) is 0 Å². The molecule has 2 aromatic heterocycles. The Bertz CT molecular complexity index is 709. The number of hydrogen-bond donors (Lipinski definition) is 0. The molecule has 0 aliphatic carbocycles. The first-order valence-electron chi connectivity index (χ1n) is 7.55. The summed E-state index contributed by atoms with van der Waals surface area (Å²) in [5.74, 6) is 0.933. The Morgan fingerprint density at radius 1 is 1.45 bits per heavy atom. The summed E-state index contributed by atoms with van der Waals surface area (Å²) in [7, 11) is -3.34. The molecule has 0 spiro atoms. The van der Waals surface area contributed by atoms with Crippen molar-refractivity contribution in [2.24, 2.45) is 0 Å². The molecule has 120 valence electrons. The van der Waals surface area contributed by atoms with E-state index in [1.807, 2.05) is 9.95 Å². The molecule has 1 fully saturated rings. The highest BCUT2D eigenvalue weighted by Gasteiger charge is 2.35. The SMILES string of the molecule is CCn1cnnc1CCC1CCCN1S(=O)(=O)c1cccs1. The van der Waals surface area contributed by atoms with Gasteiger partial charge in [-0.05, 0) is 37.6 Å². The molecule has 0 bridgehead atoms. The molecular formula is C14H20N4O2S2. The molecule has 22 heavy (non-hydrogen) atoms. The van der Waals surface area contributed by atoms with Gasteiger partial charge in [0, 0.05) is 25.6 Å². The van der Waals surface area contributed by atoms with E-state index in [0.717, 1.165) is 38.1 Å². The Labute approximate surface area is 134 Å². The van der Waals surface area contributed by atoms with Crippen LogP contribution in [-0.2, 0) is 23.0 Å². The standard InChI is InChI=1S/C14H20N4O2S2/c1-2-17-11-15-16-13(17)8-7-12-5-3-9-18(12)22(19,20)14-6-4-10-21-14/h4,6,10-12H,2-3,5,7-9H2,1H3. The van der Waals surface area contributed by atoms with Gasteiger partial charge in [-0.1, -0.05) is 6.07 Å². The largest absolute Gasteiger partial charge is 0.318 e. The number of nitrogens with zero attached hydrogens (tertiary/aromatic N) is 4. The number of aromatic nitrogens is 3. The molecule has 8 heteroatoms. The van der Waals surface area contributed by atoms with Gasteiger partial charge in [0.1, 0.15) is 16.4 Å². The molecule has 1 aliphatic heterocycles. The zero-order valence-electron chi connectivity index (χ0n) is 12.6.